The van der Waals surface area contributed by atoms with Crippen molar-refractivity contribution in [2.45, 2.75) is 25.2 Å². The van der Waals surface area contributed by atoms with Gasteiger partial charge < -0.3 is 0 Å². The lowest BCUT2D eigenvalue weighted by Crippen LogP contribution is -2.24. The number of hydrogen-bond acceptors (Lipinski definition) is 1. The largest absolute Gasteiger partial charge is 0.300 e. The van der Waals surface area contributed by atoms with Gasteiger partial charge in [-0.15, -0.1) is 0 Å². The van der Waals surface area contributed by atoms with E-state index < -0.39 is 0 Å². The maximum atomic E-state index is 11.4. The molecule has 15 heavy (non-hydrogen) atoms. The van der Waals surface area contributed by atoms with Gasteiger partial charge >= 0.3 is 0 Å². The number of carbonyl (C=O) groups excluding carboxylic acids is 1. The quantitative estimate of drug-likeness (QED) is 0.625. The predicted molar refractivity (Wildman–Crippen MR) is 60.6 cm³/mol. The van der Waals surface area contributed by atoms with E-state index in [1.165, 1.54) is 11.1 Å². The first kappa shape index (κ1) is 8.90. The normalized spacial score (nSPS) is 28.4. The zero-order chi connectivity index (χ0) is 10.3. The molecule has 0 aliphatic heterocycles. The number of allylic oxidation sites excluding steroid dienone is 1. The van der Waals surface area contributed by atoms with Gasteiger partial charge in [-0.1, -0.05) is 36.4 Å². The van der Waals surface area contributed by atoms with Gasteiger partial charge in [0, 0.05) is 12.8 Å². The van der Waals surface area contributed by atoms with E-state index in [0.717, 1.165) is 19.3 Å². The maximum Gasteiger partial charge on any atom is 0.133 e. The summed E-state index contributed by atoms with van der Waals surface area (Å²) >= 11 is 0. The topological polar surface area (TPSA) is 17.1 Å². The lowest BCUT2D eigenvalue weighted by molar-refractivity contribution is -0.121. The van der Waals surface area contributed by atoms with Crippen molar-refractivity contribution in [1.82, 2.24) is 0 Å². The molecule has 0 N–H and O–H groups in total. The van der Waals surface area contributed by atoms with Crippen LogP contribution in [0.25, 0.3) is 6.08 Å². The van der Waals surface area contributed by atoms with E-state index in [4.69, 9.17) is 0 Å². The molecule has 1 heteroatoms. The van der Waals surface area contributed by atoms with E-state index >= 15 is 0 Å². The van der Waals surface area contributed by atoms with Crippen LogP contribution in [0.15, 0.2) is 30.3 Å². The minimum Gasteiger partial charge on any atom is -0.300 e. The minimum atomic E-state index is 0.431. The minimum absolute atomic E-state index is 0.431. The number of carbonyl (C=O) groups is 1. The molecular formula is C14H14O. The van der Waals surface area contributed by atoms with Crippen molar-refractivity contribution in [3.63, 3.8) is 0 Å². The van der Waals surface area contributed by atoms with Crippen molar-refractivity contribution >= 4 is 11.9 Å². The van der Waals surface area contributed by atoms with Gasteiger partial charge in [-0.3, -0.25) is 4.79 Å². The molecule has 1 aromatic carbocycles. The van der Waals surface area contributed by atoms with Crippen LogP contribution in [0.2, 0.25) is 0 Å². The van der Waals surface area contributed by atoms with Crippen molar-refractivity contribution < 1.29 is 4.79 Å². The van der Waals surface area contributed by atoms with E-state index in [1.807, 2.05) is 0 Å². The van der Waals surface area contributed by atoms with Crippen LogP contribution in [0.3, 0.4) is 0 Å². The summed E-state index contributed by atoms with van der Waals surface area (Å²) < 4.78 is 0. The van der Waals surface area contributed by atoms with E-state index in [2.05, 4.69) is 36.4 Å². The number of fused-ring (bicyclic) bond motifs is 3. The summed E-state index contributed by atoms with van der Waals surface area (Å²) in [6.07, 6.45) is 6.95. The average Bonchev–Trinajstić information content (AvgIpc) is 2.28. The molecule has 1 fully saturated rings. The molecule has 0 radical (unpaired) electrons. The van der Waals surface area contributed by atoms with E-state index in [1.54, 1.807) is 0 Å². The highest BCUT2D eigenvalue weighted by Gasteiger charge is 2.31. The highest BCUT2D eigenvalue weighted by molar-refractivity contribution is 5.80. The Labute approximate surface area is 89.8 Å². The van der Waals surface area contributed by atoms with Crippen LogP contribution in [-0.4, -0.2) is 5.78 Å². The Morgan fingerprint density at radius 2 is 2.07 bits per heavy atom. The molecule has 0 aromatic heterocycles. The lowest BCUT2D eigenvalue weighted by atomic mass is 9.71. The third kappa shape index (κ3) is 1.43. The number of Topliss-reactive ketones (excluding diaryl/α,β-unsaturated/α-hetero) is 1. The van der Waals surface area contributed by atoms with Crippen LogP contribution in [0.4, 0.5) is 0 Å². The van der Waals surface area contributed by atoms with Gasteiger partial charge in [-0.2, -0.15) is 0 Å². The van der Waals surface area contributed by atoms with Gasteiger partial charge in [-0.25, -0.2) is 0 Å². The molecule has 0 bridgehead atoms. The van der Waals surface area contributed by atoms with Crippen molar-refractivity contribution in [1.29, 1.82) is 0 Å². The van der Waals surface area contributed by atoms with E-state index in [0.29, 0.717) is 17.6 Å². The van der Waals surface area contributed by atoms with Crippen LogP contribution in [0, 0.1) is 5.92 Å². The molecule has 0 saturated heterocycles. The SMILES string of the molecule is O=C1CC[C@@H]2c3ccccc3C=C[C@@H]2C1. The molecule has 3 rings (SSSR count). The maximum absolute atomic E-state index is 11.4. The summed E-state index contributed by atoms with van der Waals surface area (Å²) in [6, 6.07) is 8.56. The number of hydrogen-bond donors (Lipinski definition) is 0. The molecule has 2 aliphatic rings. The number of benzene rings is 1. The fourth-order valence-electron chi connectivity index (χ4n) is 2.85. The van der Waals surface area contributed by atoms with Crippen LogP contribution in [0.1, 0.15) is 36.3 Å². The second-order valence-corrected chi connectivity index (χ2v) is 4.54. The highest BCUT2D eigenvalue weighted by Crippen LogP contribution is 2.41. The van der Waals surface area contributed by atoms with Gasteiger partial charge in [0.05, 0.1) is 0 Å². The molecule has 0 spiro atoms. The second-order valence-electron chi connectivity index (χ2n) is 4.54. The van der Waals surface area contributed by atoms with E-state index in [-0.39, 0.29) is 0 Å². The zero-order valence-electron chi connectivity index (χ0n) is 8.65. The van der Waals surface area contributed by atoms with Gasteiger partial charge in [0.15, 0.2) is 0 Å². The second kappa shape index (κ2) is 3.34. The summed E-state index contributed by atoms with van der Waals surface area (Å²) in [5.41, 5.74) is 2.78. The summed E-state index contributed by atoms with van der Waals surface area (Å²) in [5.74, 6) is 1.48. The monoisotopic (exact) mass is 198 g/mol. The third-order valence-corrected chi connectivity index (χ3v) is 3.63. The van der Waals surface area contributed by atoms with E-state index in [9.17, 15) is 4.79 Å². The van der Waals surface area contributed by atoms with Crippen molar-refractivity contribution in [2.24, 2.45) is 5.92 Å². The first-order chi connectivity index (χ1) is 7.34. The Balaban J connectivity index is 2.02. The smallest absolute Gasteiger partial charge is 0.133 e. The molecule has 1 aromatic rings. The Bertz CT molecular complexity index is 431. The molecule has 0 amide bonds. The summed E-state index contributed by atoms with van der Waals surface area (Å²) in [4.78, 5) is 11.4. The molecule has 0 unspecified atom stereocenters. The molecular weight excluding hydrogens is 184 g/mol. The van der Waals surface area contributed by atoms with Gasteiger partial charge in [0.1, 0.15) is 5.78 Å². The molecule has 1 saturated carbocycles. The Hall–Kier alpha value is -1.37. The third-order valence-electron chi connectivity index (χ3n) is 3.63. The predicted octanol–water partition coefficient (Wildman–Crippen LogP) is 3.17. The summed E-state index contributed by atoms with van der Waals surface area (Å²) in [5, 5.41) is 0. The highest BCUT2D eigenvalue weighted by atomic mass is 16.1. The Morgan fingerprint density at radius 1 is 1.20 bits per heavy atom. The lowest BCUT2D eigenvalue weighted by Gasteiger charge is -2.32. The fraction of sp³-hybridized carbons (Fsp3) is 0.357. The van der Waals surface area contributed by atoms with Crippen molar-refractivity contribution in [3.8, 4) is 0 Å². The van der Waals surface area contributed by atoms with Gasteiger partial charge in [-0.05, 0) is 29.4 Å². The van der Waals surface area contributed by atoms with Crippen molar-refractivity contribution in [2.75, 3.05) is 0 Å². The van der Waals surface area contributed by atoms with Crippen LogP contribution in [0.5, 0.6) is 0 Å². The van der Waals surface area contributed by atoms with Gasteiger partial charge in [0.25, 0.3) is 0 Å². The van der Waals surface area contributed by atoms with Crippen LogP contribution in [-0.2, 0) is 4.79 Å². The fourth-order valence-corrected chi connectivity index (χ4v) is 2.85. The molecule has 2 atom stereocenters. The average molecular weight is 198 g/mol. The van der Waals surface area contributed by atoms with Crippen molar-refractivity contribution in [3.05, 3.63) is 41.5 Å². The van der Waals surface area contributed by atoms with Gasteiger partial charge in [0.2, 0.25) is 0 Å². The number of ketones is 1. The summed E-state index contributed by atoms with van der Waals surface area (Å²) in [6.45, 7) is 0. The Morgan fingerprint density at radius 3 is 3.00 bits per heavy atom. The Kier molecular flexibility index (Phi) is 1.98. The zero-order valence-corrected chi connectivity index (χ0v) is 8.65. The first-order valence-electron chi connectivity index (χ1n) is 5.63. The first-order valence-corrected chi connectivity index (χ1v) is 5.63. The number of rotatable bonds is 0. The van der Waals surface area contributed by atoms with Crippen LogP contribution >= 0.6 is 0 Å². The molecule has 0 heterocycles. The van der Waals surface area contributed by atoms with Crippen LogP contribution < -0.4 is 0 Å². The summed E-state index contributed by atoms with van der Waals surface area (Å²) in [7, 11) is 0. The molecule has 76 valence electrons. The standard InChI is InChI=1S/C14H14O/c15-12-7-8-14-11(9-12)6-5-10-3-1-2-4-13(10)14/h1-6,11,14H,7-9H2/t11-,14+/m1/s1. The molecule has 1 nitrogen and oxygen atoms in total. The molecule has 2 aliphatic carbocycles.